The molecule has 0 saturated heterocycles. The lowest BCUT2D eigenvalue weighted by Gasteiger charge is -2.10. The maximum atomic E-state index is 10.6. The van der Waals surface area contributed by atoms with Gasteiger partial charge >= 0.3 is 0 Å². The summed E-state index contributed by atoms with van der Waals surface area (Å²) in [7, 11) is -2.33. The van der Waals surface area contributed by atoms with Crippen molar-refractivity contribution < 1.29 is 13.5 Å². The second-order valence-electron chi connectivity index (χ2n) is 6.20. The number of nitrogens with zero attached hydrogens (tertiary/aromatic N) is 2. The summed E-state index contributed by atoms with van der Waals surface area (Å²) in [5, 5.41) is 23.6. The van der Waals surface area contributed by atoms with E-state index in [2.05, 4.69) is 11.4 Å². The third kappa shape index (κ3) is 3.91. The summed E-state index contributed by atoms with van der Waals surface area (Å²) >= 11 is 0. The van der Waals surface area contributed by atoms with Crippen LogP contribution in [0.15, 0.2) is 42.5 Å². The third-order valence-electron chi connectivity index (χ3n) is 4.48. The Morgan fingerprint density at radius 1 is 1.19 bits per heavy atom. The molecule has 0 spiro atoms. The largest absolute Gasteiger partial charge is 0.508 e. The Kier molecular flexibility index (Phi) is 5.67. The lowest BCUT2D eigenvalue weighted by atomic mass is 10.1. The Hall–Kier alpha value is -2.98. The first-order chi connectivity index (χ1) is 13.0. The van der Waals surface area contributed by atoms with E-state index >= 15 is 0 Å². The van der Waals surface area contributed by atoms with Crippen molar-refractivity contribution in [2.24, 2.45) is 0 Å². The molecule has 0 fully saturated rings. The number of aromatic hydroxyl groups is 1. The predicted octanol–water partition coefficient (Wildman–Crippen LogP) is 3.32. The van der Waals surface area contributed by atoms with Crippen molar-refractivity contribution in [3.05, 3.63) is 48.0 Å². The fourth-order valence-corrected chi connectivity index (χ4v) is 3.68. The van der Waals surface area contributed by atoms with Gasteiger partial charge in [0, 0.05) is 36.0 Å². The molecule has 0 amide bonds. The number of nitrogens with one attached hydrogen (secondary N) is 1. The molecule has 3 rings (SSSR count). The van der Waals surface area contributed by atoms with Gasteiger partial charge in [-0.3, -0.25) is 0 Å². The second-order valence-corrected chi connectivity index (χ2v) is 7.31. The van der Waals surface area contributed by atoms with E-state index in [4.69, 9.17) is 0 Å². The van der Waals surface area contributed by atoms with Crippen LogP contribution in [0, 0.1) is 11.3 Å². The fourth-order valence-electron chi connectivity index (χ4n) is 3.27. The zero-order chi connectivity index (χ0) is 19.4. The number of phenols is 1. The van der Waals surface area contributed by atoms with Crippen molar-refractivity contribution in [2.45, 2.75) is 19.9 Å². The number of nitriles is 1. The summed E-state index contributed by atoms with van der Waals surface area (Å²) in [6.07, 6.45) is 0.562. The van der Waals surface area contributed by atoms with Gasteiger partial charge < -0.3 is 15.0 Å². The molecule has 0 saturated carbocycles. The molecule has 0 unspecified atom stereocenters. The predicted molar refractivity (Wildman–Crippen MR) is 108 cm³/mol. The summed E-state index contributed by atoms with van der Waals surface area (Å²) in [6, 6.07) is 15.1. The molecule has 1 aromatic heterocycles. The van der Waals surface area contributed by atoms with Gasteiger partial charge in [0.05, 0.1) is 16.8 Å². The Labute approximate surface area is 159 Å². The van der Waals surface area contributed by atoms with E-state index < -0.39 is 10.7 Å². The van der Waals surface area contributed by atoms with Crippen molar-refractivity contribution in [1.82, 2.24) is 4.57 Å². The van der Waals surface area contributed by atoms with Crippen LogP contribution in [-0.2, 0) is 17.2 Å². The number of fused-ring (bicyclic) bond motifs is 1. The van der Waals surface area contributed by atoms with Gasteiger partial charge in [0.15, 0.2) is 0 Å². The number of phenolic OH excluding ortho intramolecular Hbond substituents is 1. The normalized spacial score (nSPS) is 11.0. The Bertz CT molecular complexity index is 1070. The average molecular weight is 383 g/mol. The van der Waals surface area contributed by atoms with Gasteiger partial charge in [0.2, 0.25) is 0 Å². The first-order valence-corrected chi connectivity index (χ1v) is 10.1. The number of benzene rings is 2. The summed E-state index contributed by atoms with van der Waals surface area (Å²) in [5.41, 5.74) is 4.06. The summed E-state index contributed by atoms with van der Waals surface area (Å²) < 4.78 is 23.2. The highest BCUT2D eigenvalue weighted by molar-refractivity contribution is 7.72. The van der Waals surface area contributed by atoms with E-state index in [0.29, 0.717) is 25.1 Å². The van der Waals surface area contributed by atoms with Gasteiger partial charge in [-0.1, -0.05) is 12.1 Å². The number of aryl methyl sites for hydroxylation is 1. The molecule has 27 heavy (non-hydrogen) atoms. The first-order valence-electron chi connectivity index (χ1n) is 8.76. The molecule has 0 bridgehead atoms. The minimum absolute atomic E-state index is 0.171. The van der Waals surface area contributed by atoms with Gasteiger partial charge in [-0.05, 0) is 43.2 Å². The molecule has 140 valence electrons. The topological polar surface area (TPSA) is 95.1 Å². The summed E-state index contributed by atoms with van der Waals surface area (Å²) in [5.74, 6) is 0.347. The van der Waals surface area contributed by atoms with E-state index in [1.54, 1.807) is 18.2 Å². The third-order valence-corrected chi connectivity index (χ3v) is 5.16. The van der Waals surface area contributed by atoms with Crippen LogP contribution in [0.4, 0.5) is 5.69 Å². The molecular weight excluding hydrogens is 362 g/mol. The minimum atomic E-state index is -2.33. The van der Waals surface area contributed by atoms with E-state index in [0.717, 1.165) is 27.8 Å². The number of hydrogen-bond acceptors (Lipinski definition) is 5. The van der Waals surface area contributed by atoms with Gasteiger partial charge in [0.1, 0.15) is 22.5 Å². The highest BCUT2D eigenvalue weighted by atomic mass is 32.2. The molecule has 2 aromatic carbocycles. The Morgan fingerprint density at radius 3 is 2.56 bits per heavy atom. The van der Waals surface area contributed by atoms with Gasteiger partial charge in [-0.25, -0.2) is 8.42 Å². The van der Waals surface area contributed by atoms with Crippen LogP contribution < -0.4 is 5.32 Å². The number of hydrogen-bond donors (Lipinski definition) is 3. The van der Waals surface area contributed by atoms with Crippen molar-refractivity contribution in [3.8, 4) is 23.1 Å². The van der Waals surface area contributed by atoms with Crippen molar-refractivity contribution >= 4 is 27.3 Å². The number of anilines is 1. The molecule has 0 aliphatic carbocycles. The van der Waals surface area contributed by atoms with Gasteiger partial charge in [0.25, 0.3) is 0 Å². The molecule has 0 aliphatic rings. The number of thiol groups is 1. The second kappa shape index (κ2) is 8.14. The van der Waals surface area contributed by atoms with Crippen LogP contribution in [0.2, 0.25) is 0 Å². The molecule has 2 N–H and O–H groups in total. The van der Waals surface area contributed by atoms with Crippen molar-refractivity contribution in [2.75, 3.05) is 17.6 Å². The summed E-state index contributed by atoms with van der Waals surface area (Å²) in [4.78, 5) is 0. The molecular formula is C20H21N3O3S. The zero-order valence-electron chi connectivity index (χ0n) is 15.0. The van der Waals surface area contributed by atoms with Crippen LogP contribution in [-0.4, -0.2) is 30.4 Å². The smallest absolute Gasteiger partial charge is 0.140 e. The van der Waals surface area contributed by atoms with Crippen LogP contribution in [0.3, 0.4) is 0 Å². The first kappa shape index (κ1) is 18.8. The lowest BCUT2D eigenvalue weighted by molar-refractivity contribution is 0.476. The molecule has 0 aliphatic heterocycles. The van der Waals surface area contributed by atoms with E-state index in [9.17, 15) is 18.8 Å². The minimum Gasteiger partial charge on any atom is -0.508 e. The van der Waals surface area contributed by atoms with Crippen molar-refractivity contribution in [3.63, 3.8) is 0 Å². The van der Waals surface area contributed by atoms with E-state index in [1.807, 2.05) is 35.8 Å². The van der Waals surface area contributed by atoms with E-state index in [-0.39, 0.29) is 11.5 Å². The van der Waals surface area contributed by atoms with Crippen LogP contribution in [0.1, 0.15) is 18.9 Å². The number of rotatable bonds is 7. The monoisotopic (exact) mass is 383 g/mol. The molecule has 3 aromatic rings. The van der Waals surface area contributed by atoms with Crippen LogP contribution >= 0.6 is 0 Å². The highest BCUT2D eigenvalue weighted by Crippen LogP contribution is 2.35. The fraction of sp³-hybridized carbons (Fsp3) is 0.250. The molecule has 6 nitrogen and oxygen atoms in total. The lowest BCUT2D eigenvalue weighted by Crippen LogP contribution is -2.04. The Balaban J connectivity index is 1.94. The average Bonchev–Trinajstić information content (AvgIpc) is 2.98. The zero-order valence-corrected chi connectivity index (χ0v) is 15.9. The van der Waals surface area contributed by atoms with Crippen LogP contribution in [0.5, 0.6) is 5.75 Å². The standard InChI is InChI=1S/C20H21N3O3S/c1-2-23-19-12-16(24)8-9-17(19)18(13-21)20(23)14-4-6-15(7-5-14)22-10-3-11-27(25)26/h4-9,12,22,24,27H,2-3,10-11H2,1H3. The van der Waals surface area contributed by atoms with Gasteiger partial charge in [-0.15, -0.1) is 0 Å². The molecule has 7 heteroatoms. The van der Waals surface area contributed by atoms with E-state index in [1.165, 1.54) is 0 Å². The van der Waals surface area contributed by atoms with Crippen molar-refractivity contribution in [1.29, 1.82) is 5.26 Å². The maximum Gasteiger partial charge on any atom is 0.140 e. The molecule has 0 radical (unpaired) electrons. The molecule has 1 heterocycles. The summed E-state index contributed by atoms with van der Waals surface area (Å²) in [6.45, 7) is 3.26. The molecule has 0 atom stereocenters. The van der Waals surface area contributed by atoms with Gasteiger partial charge in [-0.2, -0.15) is 5.26 Å². The Morgan fingerprint density at radius 2 is 1.93 bits per heavy atom. The van der Waals surface area contributed by atoms with Crippen LogP contribution in [0.25, 0.3) is 22.2 Å². The number of aromatic nitrogens is 1. The quantitative estimate of drug-likeness (QED) is 0.430. The highest BCUT2D eigenvalue weighted by Gasteiger charge is 2.18. The maximum absolute atomic E-state index is 10.6. The SMILES string of the molecule is CCn1c(-c2ccc(NCCC[SH](=O)=O)cc2)c(C#N)c2ccc(O)cc21.